The Bertz CT molecular complexity index is 807. The van der Waals surface area contributed by atoms with Crippen LogP contribution in [0, 0.1) is 0 Å². The van der Waals surface area contributed by atoms with Gasteiger partial charge in [-0.1, -0.05) is 25.1 Å². The zero-order valence-electron chi connectivity index (χ0n) is 14.1. The van der Waals surface area contributed by atoms with Gasteiger partial charge in [0.25, 0.3) is 5.91 Å². The van der Waals surface area contributed by atoms with Crippen molar-refractivity contribution in [2.24, 2.45) is 0 Å². The highest BCUT2D eigenvalue weighted by molar-refractivity contribution is 7.91. The van der Waals surface area contributed by atoms with Crippen LogP contribution < -0.4 is 4.72 Å². The predicted molar refractivity (Wildman–Crippen MR) is 99.4 cm³/mol. The van der Waals surface area contributed by atoms with Gasteiger partial charge in [0.15, 0.2) is 0 Å². The number of piperidine rings is 1. The maximum Gasteiger partial charge on any atom is 0.253 e. The summed E-state index contributed by atoms with van der Waals surface area (Å²) < 4.78 is 27.6. The van der Waals surface area contributed by atoms with Gasteiger partial charge in [-0.2, -0.15) is 0 Å². The summed E-state index contributed by atoms with van der Waals surface area (Å²) in [7, 11) is -3.45. The second-order valence-electron chi connectivity index (χ2n) is 6.17. The molecule has 0 radical (unpaired) electrons. The maximum absolute atomic E-state index is 12.6. The number of hydrogen-bond acceptors (Lipinski definition) is 4. The monoisotopic (exact) mass is 378 g/mol. The van der Waals surface area contributed by atoms with Gasteiger partial charge in [-0.25, -0.2) is 13.1 Å². The number of benzene rings is 1. The van der Waals surface area contributed by atoms with Crippen LogP contribution in [0.1, 0.15) is 35.7 Å². The summed E-state index contributed by atoms with van der Waals surface area (Å²) in [6.07, 6.45) is 2.21. The largest absolute Gasteiger partial charge is 0.339 e. The van der Waals surface area contributed by atoms with Crippen molar-refractivity contribution < 1.29 is 13.2 Å². The molecule has 0 atom stereocenters. The molecule has 0 unspecified atom stereocenters. The minimum atomic E-state index is -3.45. The molecule has 5 nitrogen and oxygen atoms in total. The van der Waals surface area contributed by atoms with Crippen LogP contribution in [-0.2, 0) is 16.4 Å². The predicted octanol–water partition coefficient (Wildman–Crippen LogP) is 2.89. The van der Waals surface area contributed by atoms with Crippen molar-refractivity contribution in [1.82, 2.24) is 9.62 Å². The fraction of sp³-hybridized carbons (Fsp3) is 0.389. The number of nitrogens with zero attached hydrogens (tertiary/aromatic N) is 1. The number of aryl methyl sites for hydroxylation is 1. The topological polar surface area (TPSA) is 66.5 Å². The van der Waals surface area contributed by atoms with E-state index in [-0.39, 0.29) is 11.9 Å². The number of thiophene rings is 1. The smallest absolute Gasteiger partial charge is 0.253 e. The lowest BCUT2D eigenvalue weighted by Crippen LogP contribution is -2.46. The number of nitrogens with one attached hydrogen (secondary N) is 1. The first kappa shape index (κ1) is 18.1. The third-order valence-corrected chi connectivity index (χ3v) is 7.39. The van der Waals surface area contributed by atoms with Crippen LogP contribution in [0.15, 0.2) is 46.0 Å². The standard InChI is InChI=1S/C18H22N2O3S2/c1-2-14-5-7-15(8-6-14)18(21)20-11-9-16(10-12-20)19-25(22,23)17-4-3-13-24-17/h3-8,13,16,19H,2,9-12H2,1H3. The van der Waals surface area contributed by atoms with E-state index in [0.29, 0.717) is 35.7 Å². The molecule has 1 N–H and O–H groups in total. The third kappa shape index (κ3) is 4.29. The molecule has 2 heterocycles. The first-order valence-electron chi connectivity index (χ1n) is 8.43. The summed E-state index contributed by atoms with van der Waals surface area (Å²) in [5.74, 6) is 0.0159. The lowest BCUT2D eigenvalue weighted by atomic mass is 10.0. The molecule has 1 fully saturated rings. The summed E-state index contributed by atoms with van der Waals surface area (Å²) in [5, 5.41) is 1.75. The third-order valence-electron chi connectivity index (χ3n) is 4.47. The number of carbonyl (C=O) groups is 1. The molecule has 1 amide bonds. The van der Waals surface area contributed by atoms with Crippen LogP contribution in [0.5, 0.6) is 0 Å². The molecule has 7 heteroatoms. The number of rotatable bonds is 5. The summed E-state index contributed by atoms with van der Waals surface area (Å²) in [6.45, 7) is 3.21. The van der Waals surface area contributed by atoms with Gasteiger partial charge in [0.1, 0.15) is 4.21 Å². The Kier molecular flexibility index (Phi) is 5.56. The van der Waals surface area contributed by atoms with E-state index < -0.39 is 10.0 Å². The normalized spacial score (nSPS) is 16.1. The first-order valence-corrected chi connectivity index (χ1v) is 10.8. The van der Waals surface area contributed by atoms with Crippen molar-refractivity contribution in [2.45, 2.75) is 36.4 Å². The summed E-state index contributed by atoms with van der Waals surface area (Å²) in [4.78, 5) is 14.4. The molecule has 25 heavy (non-hydrogen) atoms. The Morgan fingerprint density at radius 1 is 1.20 bits per heavy atom. The van der Waals surface area contributed by atoms with Gasteiger partial charge >= 0.3 is 0 Å². The SMILES string of the molecule is CCc1ccc(C(=O)N2CCC(NS(=O)(=O)c3cccs3)CC2)cc1. The molecule has 134 valence electrons. The van der Waals surface area contributed by atoms with Gasteiger partial charge in [-0.3, -0.25) is 4.79 Å². The van der Waals surface area contributed by atoms with E-state index in [2.05, 4.69) is 11.6 Å². The number of amides is 1. The lowest BCUT2D eigenvalue weighted by molar-refractivity contribution is 0.0711. The van der Waals surface area contributed by atoms with Gasteiger partial charge in [0.05, 0.1) is 0 Å². The van der Waals surface area contributed by atoms with Crippen LogP contribution >= 0.6 is 11.3 Å². The summed E-state index contributed by atoms with van der Waals surface area (Å²) >= 11 is 1.21. The van der Waals surface area contributed by atoms with E-state index in [9.17, 15) is 13.2 Å². The molecular formula is C18H22N2O3S2. The molecule has 0 saturated carbocycles. The molecule has 1 aromatic heterocycles. The minimum absolute atomic E-state index is 0.0159. The number of likely N-dealkylation sites (tertiary alicyclic amines) is 1. The summed E-state index contributed by atoms with van der Waals surface area (Å²) in [5.41, 5.74) is 1.90. The van der Waals surface area contributed by atoms with Crippen molar-refractivity contribution in [3.63, 3.8) is 0 Å². The van der Waals surface area contributed by atoms with Crippen LogP contribution in [0.4, 0.5) is 0 Å². The van der Waals surface area contributed by atoms with Crippen molar-refractivity contribution in [3.05, 3.63) is 52.9 Å². The average molecular weight is 379 g/mol. The molecular weight excluding hydrogens is 356 g/mol. The minimum Gasteiger partial charge on any atom is -0.339 e. The fourth-order valence-corrected chi connectivity index (χ4v) is 5.27. The second kappa shape index (κ2) is 7.68. The lowest BCUT2D eigenvalue weighted by Gasteiger charge is -2.32. The van der Waals surface area contributed by atoms with Crippen LogP contribution in [0.25, 0.3) is 0 Å². The molecule has 1 aromatic carbocycles. The van der Waals surface area contributed by atoms with Gasteiger partial charge in [-0.15, -0.1) is 11.3 Å². The highest BCUT2D eigenvalue weighted by Crippen LogP contribution is 2.20. The second-order valence-corrected chi connectivity index (χ2v) is 9.06. The van der Waals surface area contributed by atoms with E-state index in [1.807, 2.05) is 24.3 Å². The highest BCUT2D eigenvalue weighted by Gasteiger charge is 2.27. The average Bonchev–Trinajstić information content (AvgIpc) is 3.17. The van der Waals surface area contributed by atoms with Gasteiger partial charge in [0.2, 0.25) is 10.0 Å². The molecule has 0 bridgehead atoms. The summed E-state index contributed by atoms with van der Waals surface area (Å²) in [6, 6.07) is 10.9. The van der Waals surface area contributed by atoms with E-state index in [1.165, 1.54) is 16.9 Å². The Hall–Kier alpha value is -1.70. The highest BCUT2D eigenvalue weighted by atomic mass is 32.2. The Morgan fingerprint density at radius 2 is 1.88 bits per heavy atom. The fourth-order valence-electron chi connectivity index (χ4n) is 2.96. The van der Waals surface area contributed by atoms with E-state index in [1.54, 1.807) is 22.4 Å². The van der Waals surface area contributed by atoms with Crippen LogP contribution in [-0.4, -0.2) is 38.4 Å². The molecule has 1 aliphatic rings. The molecule has 1 saturated heterocycles. The van der Waals surface area contributed by atoms with Crippen molar-refractivity contribution >= 4 is 27.3 Å². The number of hydrogen-bond donors (Lipinski definition) is 1. The van der Waals surface area contributed by atoms with E-state index >= 15 is 0 Å². The Labute approximate surface area is 152 Å². The quantitative estimate of drug-likeness (QED) is 0.870. The van der Waals surface area contributed by atoms with Gasteiger partial charge in [-0.05, 0) is 48.4 Å². The zero-order valence-corrected chi connectivity index (χ0v) is 15.8. The molecule has 3 rings (SSSR count). The van der Waals surface area contributed by atoms with Crippen LogP contribution in [0.2, 0.25) is 0 Å². The Morgan fingerprint density at radius 3 is 2.44 bits per heavy atom. The molecule has 0 spiro atoms. The Balaban J connectivity index is 1.57. The van der Waals surface area contributed by atoms with Gasteiger partial charge < -0.3 is 4.90 Å². The van der Waals surface area contributed by atoms with E-state index in [0.717, 1.165) is 6.42 Å². The van der Waals surface area contributed by atoms with Gasteiger partial charge in [0, 0.05) is 24.7 Å². The maximum atomic E-state index is 12.6. The zero-order chi connectivity index (χ0) is 17.9. The first-order chi connectivity index (χ1) is 12.0. The molecule has 0 aliphatic carbocycles. The number of carbonyl (C=O) groups excluding carboxylic acids is 1. The van der Waals surface area contributed by atoms with Crippen LogP contribution in [0.3, 0.4) is 0 Å². The number of sulfonamides is 1. The van der Waals surface area contributed by atoms with Crippen molar-refractivity contribution in [1.29, 1.82) is 0 Å². The van der Waals surface area contributed by atoms with E-state index in [4.69, 9.17) is 0 Å². The van der Waals surface area contributed by atoms with Crippen molar-refractivity contribution in [2.75, 3.05) is 13.1 Å². The molecule has 1 aliphatic heterocycles. The van der Waals surface area contributed by atoms with Crippen molar-refractivity contribution in [3.8, 4) is 0 Å². The molecule has 2 aromatic rings.